The molecule has 21 heavy (non-hydrogen) atoms. The minimum absolute atomic E-state index is 0.0681. The lowest BCUT2D eigenvalue weighted by Crippen LogP contribution is -2.24. The third-order valence-corrected chi connectivity index (χ3v) is 4.53. The second kappa shape index (κ2) is 5.10. The maximum absolute atomic E-state index is 5.97. The van der Waals surface area contributed by atoms with E-state index >= 15 is 0 Å². The minimum atomic E-state index is -0.0681. The van der Waals surface area contributed by atoms with Crippen molar-refractivity contribution in [1.82, 2.24) is 0 Å². The highest BCUT2D eigenvalue weighted by Gasteiger charge is 2.45. The van der Waals surface area contributed by atoms with Crippen LogP contribution in [0.2, 0.25) is 0 Å². The van der Waals surface area contributed by atoms with E-state index < -0.39 is 0 Å². The van der Waals surface area contributed by atoms with Crippen LogP contribution in [0.25, 0.3) is 0 Å². The Hall–Kier alpha value is -1.96. The lowest BCUT2D eigenvalue weighted by molar-refractivity contribution is 0.373. The fourth-order valence-corrected chi connectivity index (χ4v) is 3.70. The Balaban J connectivity index is 2.67. The Bertz CT molecular complexity index is 613. The van der Waals surface area contributed by atoms with Gasteiger partial charge in [-0.3, -0.25) is 0 Å². The van der Waals surface area contributed by atoms with Gasteiger partial charge in [-0.1, -0.05) is 45.6 Å². The van der Waals surface area contributed by atoms with Crippen LogP contribution >= 0.6 is 0 Å². The van der Waals surface area contributed by atoms with Gasteiger partial charge in [0.1, 0.15) is 0 Å². The van der Waals surface area contributed by atoms with Crippen molar-refractivity contribution in [3.8, 4) is 0 Å². The summed E-state index contributed by atoms with van der Waals surface area (Å²) in [4.78, 5) is 0. The summed E-state index contributed by atoms with van der Waals surface area (Å²) in [5.41, 5.74) is 17.3. The molecule has 0 aliphatic heterocycles. The van der Waals surface area contributed by atoms with Gasteiger partial charge in [0.25, 0.3) is 0 Å². The first-order valence-corrected chi connectivity index (χ1v) is 7.38. The highest BCUT2D eigenvalue weighted by Crippen LogP contribution is 2.55. The first kappa shape index (κ1) is 15.4. The van der Waals surface area contributed by atoms with Crippen molar-refractivity contribution in [3.63, 3.8) is 0 Å². The molecule has 0 spiro atoms. The van der Waals surface area contributed by atoms with E-state index in [9.17, 15) is 0 Å². The van der Waals surface area contributed by atoms with Crippen molar-refractivity contribution < 1.29 is 0 Å². The highest BCUT2D eigenvalue weighted by molar-refractivity contribution is 5.55. The van der Waals surface area contributed by atoms with Gasteiger partial charge >= 0.3 is 0 Å². The summed E-state index contributed by atoms with van der Waals surface area (Å²) < 4.78 is 0. The van der Waals surface area contributed by atoms with Crippen LogP contribution in [0.4, 0.5) is 5.69 Å². The lowest BCUT2D eigenvalue weighted by Gasteiger charge is -2.30. The molecule has 1 aliphatic rings. The minimum Gasteiger partial charge on any atom is -0.402 e. The van der Waals surface area contributed by atoms with E-state index in [1.54, 1.807) is 0 Å². The third kappa shape index (κ3) is 2.63. The van der Waals surface area contributed by atoms with Crippen molar-refractivity contribution in [2.75, 3.05) is 5.73 Å². The molecule has 0 heterocycles. The van der Waals surface area contributed by atoms with Crippen LogP contribution in [0.1, 0.15) is 39.7 Å². The van der Waals surface area contributed by atoms with E-state index in [-0.39, 0.29) is 10.8 Å². The average molecular weight is 282 g/mol. The predicted molar refractivity (Wildman–Crippen MR) is 91.8 cm³/mol. The fourth-order valence-electron chi connectivity index (χ4n) is 3.70. The summed E-state index contributed by atoms with van der Waals surface area (Å²) in [6, 6.07) is 8.18. The zero-order valence-electron chi connectivity index (χ0n) is 13.5. The van der Waals surface area contributed by atoms with Gasteiger partial charge in [0.2, 0.25) is 0 Å². The van der Waals surface area contributed by atoms with E-state index in [0.29, 0.717) is 0 Å². The standard InChI is InChI=1S/C19H26N2/c1-6-16-17(11-13(2)20)19(5,12-18(16,3)4)14-7-9-15(21)10-8-14/h6-11H,1,12,20-21H2,2-5H3/b13-11+. The molecule has 0 bridgehead atoms. The van der Waals surface area contributed by atoms with Crippen LogP contribution in [-0.2, 0) is 5.41 Å². The summed E-state index contributed by atoms with van der Waals surface area (Å²) in [7, 11) is 0. The van der Waals surface area contributed by atoms with Crippen LogP contribution < -0.4 is 11.5 Å². The normalized spacial score (nSPS) is 25.2. The van der Waals surface area contributed by atoms with E-state index in [1.807, 2.05) is 25.1 Å². The zero-order valence-corrected chi connectivity index (χ0v) is 13.5. The van der Waals surface area contributed by atoms with Crippen molar-refractivity contribution in [1.29, 1.82) is 0 Å². The molecule has 2 heteroatoms. The van der Waals surface area contributed by atoms with Gasteiger partial charge in [0.15, 0.2) is 0 Å². The van der Waals surface area contributed by atoms with Gasteiger partial charge in [0.05, 0.1) is 0 Å². The van der Waals surface area contributed by atoms with Crippen molar-refractivity contribution in [2.45, 2.75) is 39.5 Å². The Labute approximate surface area is 128 Å². The van der Waals surface area contributed by atoms with E-state index in [1.165, 1.54) is 16.7 Å². The summed E-state index contributed by atoms with van der Waals surface area (Å²) in [6.45, 7) is 12.8. The van der Waals surface area contributed by atoms with Gasteiger partial charge in [0, 0.05) is 16.8 Å². The quantitative estimate of drug-likeness (QED) is 0.812. The molecule has 2 rings (SSSR count). The Morgan fingerprint density at radius 1 is 1.14 bits per heavy atom. The number of nitrogen functional groups attached to an aromatic ring is 1. The third-order valence-electron chi connectivity index (χ3n) is 4.53. The molecule has 2 nitrogen and oxygen atoms in total. The number of hydrogen-bond donors (Lipinski definition) is 2. The Morgan fingerprint density at radius 3 is 2.19 bits per heavy atom. The molecule has 0 saturated heterocycles. The average Bonchev–Trinajstić information content (AvgIpc) is 2.56. The molecule has 0 saturated carbocycles. The molecule has 112 valence electrons. The highest BCUT2D eigenvalue weighted by atomic mass is 14.6. The molecule has 1 atom stereocenters. The zero-order chi connectivity index (χ0) is 15.8. The Morgan fingerprint density at radius 2 is 1.71 bits per heavy atom. The van der Waals surface area contributed by atoms with Crippen LogP contribution in [-0.4, -0.2) is 0 Å². The molecule has 1 aromatic carbocycles. The number of rotatable bonds is 3. The van der Waals surface area contributed by atoms with Crippen LogP contribution in [0, 0.1) is 5.41 Å². The van der Waals surface area contributed by atoms with Crippen LogP contribution in [0.5, 0.6) is 0 Å². The molecule has 0 radical (unpaired) electrons. The second-order valence-corrected chi connectivity index (χ2v) is 6.93. The number of hydrogen-bond acceptors (Lipinski definition) is 2. The van der Waals surface area contributed by atoms with Crippen LogP contribution in [0.3, 0.4) is 0 Å². The van der Waals surface area contributed by atoms with Crippen molar-refractivity contribution in [2.24, 2.45) is 11.1 Å². The molecular weight excluding hydrogens is 256 g/mol. The molecule has 0 fully saturated rings. The SMILES string of the molecule is C=CC1=C(/C=C(\C)N)C(C)(c2ccc(N)cc2)CC1(C)C. The Kier molecular flexibility index (Phi) is 3.75. The molecular formula is C19H26N2. The van der Waals surface area contributed by atoms with Gasteiger partial charge < -0.3 is 11.5 Å². The van der Waals surface area contributed by atoms with Gasteiger partial charge in [-0.2, -0.15) is 0 Å². The summed E-state index contributed by atoms with van der Waals surface area (Å²) >= 11 is 0. The van der Waals surface area contributed by atoms with Gasteiger partial charge in [-0.15, -0.1) is 0 Å². The first-order chi connectivity index (χ1) is 9.70. The topological polar surface area (TPSA) is 52.0 Å². The van der Waals surface area contributed by atoms with Gasteiger partial charge in [-0.25, -0.2) is 0 Å². The molecule has 4 N–H and O–H groups in total. The van der Waals surface area contributed by atoms with E-state index in [4.69, 9.17) is 11.5 Å². The summed E-state index contributed by atoms with van der Waals surface area (Å²) in [6.07, 6.45) is 5.11. The number of nitrogens with two attached hydrogens (primary N) is 2. The maximum Gasteiger partial charge on any atom is 0.0314 e. The van der Waals surface area contributed by atoms with Crippen molar-refractivity contribution in [3.05, 3.63) is 65.4 Å². The molecule has 1 aliphatic carbocycles. The van der Waals surface area contributed by atoms with Crippen LogP contribution in [0.15, 0.2) is 59.8 Å². The predicted octanol–water partition coefficient (Wildman–Crippen LogP) is 4.30. The fraction of sp³-hybridized carbons (Fsp3) is 0.368. The maximum atomic E-state index is 5.97. The van der Waals surface area contributed by atoms with Crippen molar-refractivity contribution >= 4 is 5.69 Å². The first-order valence-electron chi connectivity index (χ1n) is 7.38. The molecule has 0 amide bonds. The molecule has 1 aromatic rings. The summed E-state index contributed by atoms with van der Waals surface area (Å²) in [5.74, 6) is 0. The monoisotopic (exact) mass is 282 g/mol. The smallest absolute Gasteiger partial charge is 0.0314 e. The number of allylic oxidation sites excluding steroid dienone is 5. The number of benzene rings is 1. The lowest BCUT2D eigenvalue weighted by atomic mass is 9.73. The van der Waals surface area contributed by atoms with Gasteiger partial charge in [-0.05, 0) is 53.7 Å². The summed E-state index contributed by atoms with van der Waals surface area (Å²) in [5, 5.41) is 0. The molecule has 1 unspecified atom stereocenters. The second-order valence-electron chi connectivity index (χ2n) is 6.93. The number of anilines is 1. The van der Waals surface area contributed by atoms with E-state index in [2.05, 4.69) is 45.6 Å². The van der Waals surface area contributed by atoms with E-state index in [0.717, 1.165) is 17.8 Å². The molecule has 0 aromatic heterocycles. The largest absolute Gasteiger partial charge is 0.402 e.